The van der Waals surface area contributed by atoms with Crippen LogP contribution in [-0.4, -0.2) is 49.5 Å². The number of aryl methyl sites for hydroxylation is 4. The fourth-order valence-electron chi connectivity index (χ4n) is 5.26. The number of pyridine rings is 1. The van der Waals surface area contributed by atoms with Gasteiger partial charge in [0.15, 0.2) is 0 Å². The molecule has 10 heteroatoms. The van der Waals surface area contributed by atoms with E-state index >= 15 is 0 Å². The van der Waals surface area contributed by atoms with Crippen LogP contribution in [0.1, 0.15) is 47.2 Å². The third-order valence-electron chi connectivity index (χ3n) is 7.01. The number of fused-ring (bicyclic) bond motifs is 1. The summed E-state index contributed by atoms with van der Waals surface area (Å²) < 4.78 is 28.2. The summed E-state index contributed by atoms with van der Waals surface area (Å²) in [5, 5.41) is 15.6. The highest BCUT2D eigenvalue weighted by molar-refractivity contribution is 7.89. The van der Waals surface area contributed by atoms with Crippen LogP contribution in [0.5, 0.6) is 0 Å². The molecule has 1 atom stereocenters. The molecule has 4 rings (SSSR count). The summed E-state index contributed by atoms with van der Waals surface area (Å²) in [6.45, 7) is 5.83. The van der Waals surface area contributed by atoms with E-state index < -0.39 is 22.0 Å². The van der Waals surface area contributed by atoms with Gasteiger partial charge in [-0.05, 0) is 81.5 Å². The molecule has 1 aliphatic heterocycles. The van der Waals surface area contributed by atoms with Gasteiger partial charge < -0.3 is 15.7 Å². The zero-order chi connectivity index (χ0) is 26.0. The standard InChI is InChI=1S/C26H34N4O5S/c1-15-9-16(2)23(17(3)10-15)36(34,35)30-22(26(32)33)14-28-25(31)20-11-18(12-20)13-21-7-6-19-5-4-8-27-24(19)29-21/h6-7,9-10,18,20,22,30H,4-5,8,11-14H2,1-3H3,(H,27,29)(H,28,31)(H,32,33)/t18-,20+,22?. The number of aromatic nitrogens is 1. The van der Waals surface area contributed by atoms with Crippen molar-refractivity contribution in [1.82, 2.24) is 15.0 Å². The monoisotopic (exact) mass is 514 g/mol. The van der Waals surface area contributed by atoms with Crippen molar-refractivity contribution in [1.29, 1.82) is 0 Å². The van der Waals surface area contributed by atoms with Crippen molar-refractivity contribution in [2.75, 3.05) is 18.4 Å². The molecule has 1 saturated carbocycles. The molecule has 194 valence electrons. The molecule has 1 aromatic carbocycles. The summed E-state index contributed by atoms with van der Waals surface area (Å²) in [6, 6.07) is 6.19. The number of carboxylic acid groups (broad SMARTS) is 1. The van der Waals surface area contributed by atoms with Crippen molar-refractivity contribution >= 4 is 27.7 Å². The molecule has 1 aromatic heterocycles. The Kier molecular flexibility index (Phi) is 7.65. The van der Waals surface area contributed by atoms with Crippen molar-refractivity contribution < 1.29 is 23.1 Å². The number of carboxylic acids is 1. The molecule has 1 unspecified atom stereocenters. The van der Waals surface area contributed by atoms with Gasteiger partial charge in [0.25, 0.3) is 0 Å². The molecule has 4 N–H and O–H groups in total. The molecule has 1 amide bonds. The number of benzene rings is 1. The number of carbonyl (C=O) groups excluding carboxylic acids is 1. The van der Waals surface area contributed by atoms with Gasteiger partial charge in [-0.15, -0.1) is 0 Å². The number of sulfonamides is 1. The molecule has 1 aliphatic carbocycles. The molecular formula is C26H34N4O5S. The van der Waals surface area contributed by atoms with Crippen molar-refractivity contribution in [3.8, 4) is 0 Å². The number of hydrogen-bond donors (Lipinski definition) is 4. The summed E-state index contributed by atoms with van der Waals surface area (Å²) in [4.78, 5) is 29.2. The Morgan fingerprint density at radius 3 is 2.53 bits per heavy atom. The first-order valence-electron chi connectivity index (χ1n) is 12.4. The molecule has 0 bridgehead atoms. The highest BCUT2D eigenvalue weighted by Gasteiger charge is 2.36. The summed E-state index contributed by atoms with van der Waals surface area (Å²) in [7, 11) is -4.09. The minimum atomic E-state index is -4.09. The first kappa shape index (κ1) is 26.1. The van der Waals surface area contributed by atoms with E-state index in [1.54, 1.807) is 26.0 Å². The van der Waals surface area contributed by atoms with Crippen molar-refractivity contribution in [3.63, 3.8) is 0 Å². The van der Waals surface area contributed by atoms with Crippen molar-refractivity contribution in [3.05, 3.63) is 52.2 Å². The van der Waals surface area contributed by atoms with E-state index in [-0.39, 0.29) is 23.3 Å². The van der Waals surface area contributed by atoms with Gasteiger partial charge in [0, 0.05) is 24.7 Å². The second-order valence-electron chi connectivity index (χ2n) is 10.1. The lowest BCUT2D eigenvalue weighted by Gasteiger charge is -2.34. The highest BCUT2D eigenvalue weighted by atomic mass is 32.2. The zero-order valence-electron chi connectivity index (χ0n) is 20.9. The van der Waals surface area contributed by atoms with Crippen LogP contribution in [0, 0.1) is 32.6 Å². The van der Waals surface area contributed by atoms with Gasteiger partial charge in [-0.3, -0.25) is 9.59 Å². The lowest BCUT2D eigenvalue weighted by Crippen LogP contribution is -2.50. The molecule has 2 aliphatic rings. The van der Waals surface area contributed by atoms with Crippen LogP contribution in [0.3, 0.4) is 0 Å². The Labute approximate surface area is 212 Å². The number of amides is 1. The van der Waals surface area contributed by atoms with Crippen LogP contribution in [0.2, 0.25) is 0 Å². The van der Waals surface area contributed by atoms with Gasteiger partial charge in [-0.1, -0.05) is 23.8 Å². The maximum atomic E-state index is 13.0. The number of nitrogens with zero attached hydrogens (tertiary/aromatic N) is 1. The summed E-state index contributed by atoms with van der Waals surface area (Å²) in [5.74, 6) is -0.501. The van der Waals surface area contributed by atoms with Crippen LogP contribution in [0.15, 0.2) is 29.2 Å². The van der Waals surface area contributed by atoms with Gasteiger partial charge in [-0.25, -0.2) is 13.4 Å². The van der Waals surface area contributed by atoms with E-state index in [4.69, 9.17) is 4.98 Å². The average molecular weight is 515 g/mol. The maximum Gasteiger partial charge on any atom is 0.323 e. The molecule has 2 aromatic rings. The van der Waals surface area contributed by atoms with E-state index in [2.05, 4.69) is 27.5 Å². The van der Waals surface area contributed by atoms with Crippen LogP contribution in [0.25, 0.3) is 0 Å². The lowest BCUT2D eigenvalue weighted by molar-refractivity contribution is -0.139. The van der Waals surface area contributed by atoms with E-state index in [0.29, 0.717) is 29.9 Å². The Hall–Kier alpha value is -2.98. The van der Waals surface area contributed by atoms with Crippen LogP contribution in [-0.2, 0) is 32.5 Å². The van der Waals surface area contributed by atoms with Gasteiger partial charge in [0.1, 0.15) is 11.9 Å². The molecule has 0 saturated heterocycles. The number of anilines is 1. The second kappa shape index (κ2) is 10.6. The summed E-state index contributed by atoms with van der Waals surface area (Å²) in [5.41, 5.74) is 4.25. The average Bonchev–Trinajstić information content (AvgIpc) is 2.77. The molecule has 9 nitrogen and oxygen atoms in total. The second-order valence-corrected chi connectivity index (χ2v) is 11.7. The summed E-state index contributed by atoms with van der Waals surface area (Å²) in [6.07, 6.45) is 4.35. The predicted octanol–water partition coefficient (Wildman–Crippen LogP) is 2.48. The molecule has 2 heterocycles. The minimum Gasteiger partial charge on any atom is -0.480 e. The SMILES string of the molecule is Cc1cc(C)c(S(=O)(=O)NC(CNC(=O)[C@H]2C[C@@H](Cc3ccc4c(n3)NCCC4)C2)C(=O)O)c(C)c1. The first-order valence-corrected chi connectivity index (χ1v) is 13.8. The predicted molar refractivity (Wildman–Crippen MR) is 136 cm³/mol. The zero-order valence-corrected chi connectivity index (χ0v) is 21.7. The van der Waals surface area contributed by atoms with Gasteiger partial charge in [0.2, 0.25) is 15.9 Å². The van der Waals surface area contributed by atoms with Gasteiger partial charge >= 0.3 is 5.97 Å². The molecule has 36 heavy (non-hydrogen) atoms. The summed E-state index contributed by atoms with van der Waals surface area (Å²) >= 11 is 0. The first-order chi connectivity index (χ1) is 17.0. The Balaban J connectivity index is 1.29. The molecule has 0 spiro atoms. The molecular weight excluding hydrogens is 480 g/mol. The molecule has 0 radical (unpaired) electrons. The topological polar surface area (TPSA) is 137 Å². The van der Waals surface area contributed by atoms with E-state index in [9.17, 15) is 23.1 Å². The normalized spacial score (nSPS) is 20.0. The number of carbonyl (C=O) groups is 2. The van der Waals surface area contributed by atoms with E-state index in [1.165, 1.54) is 5.56 Å². The van der Waals surface area contributed by atoms with Gasteiger partial charge in [0.05, 0.1) is 4.90 Å². The quantitative estimate of drug-likeness (QED) is 0.403. The lowest BCUT2D eigenvalue weighted by atomic mass is 9.72. The third-order valence-corrected chi connectivity index (χ3v) is 8.78. The minimum absolute atomic E-state index is 0.0681. The molecule has 1 fully saturated rings. The largest absolute Gasteiger partial charge is 0.480 e. The van der Waals surface area contributed by atoms with Crippen LogP contribution >= 0.6 is 0 Å². The Morgan fingerprint density at radius 2 is 1.86 bits per heavy atom. The maximum absolute atomic E-state index is 13.0. The van der Waals surface area contributed by atoms with E-state index in [0.717, 1.165) is 42.9 Å². The van der Waals surface area contributed by atoms with Crippen LogP contribution < -0.4 is 15.4 Å². The number of aliphatic carboxylic acids is 1. The van der Waals surface area contributed by atoms with Crippen molar-refractivity contribution in [2.45, 2.75) is 63.8 Å². The number of rotatable bonds is 9. The third kappa shape index (κ3) is 5.87. The van der Waals surface area contributed by atoms with Crippen molar-refractivity contribution in [2.24, 2.45) is 11.8 Å². The van der Waals surface area contributed by atoms with Gasteiger partial charge in [-0.2, -0.15) is 4.72 Å². The Bertz CT molecular complexity index is 1250. The fourth-order valence-corrected chi connectivity index (χ4v) is 6.90. The fraction of sp³-hybridized carbons (Fsp3) is 0.500. The van der Waals surface area contributed by atoms with Crippen LogP contribution in [0.4, 0.5) is 5.82 Å². The highest BCUT2D eigenvalue weighted by Crippen LogP contribution is 2.36. The number of hydrogen-bond acceptors (Lipinski definition) is 6. The van der Waals surface area contributed by atoms with E-state index in [1.807, 2.05) is 6.92 Å². The number of nitrogens with one attached hydrogen (secondary N) is 3. The Morgan fingerprint density at radius 1 is 1.17 bits per heavy atom. The smallest absolute Gasteiger partial charge is 0.323 e.